The van der Waals surface area contributed by atoms with E-state index in [4.69, 9.17) is 0 Å². The normalized spacial score (nSPS) is 13.3. The number of carbonyl (C=O) groups is 1. The molecule has 1 amide bonds. The number of rotatable bonds is 4. The monoisotopic (exact) mass is 308 g/mol. The molecule has 0 spiro atoms. The zero-order valence-corrected chi connectivity index (χ0v) is 13.9. The summed E-state index contributed by atoms with van der Waals surface area (Å²) in [5, 5.41) is 6.31. The van der Waals surface area contributed by atoms with Crippen LogP contribution < -0.4 is 10.6 Å². The molecule has 0 aromatic heterocycles. The van der Waals surface area contributed by atoms with Crippen molar-refractivity contribution < 1.29 is 4.79 Å². The van der Waals surface area contributed by atoms with Gasteiger partial charge in [-0.2, -0.15) is 0 Å². The van der Waals surface area contributed by atoms with Crippen LogP contribution in [0.15, 0.2) is 36.4 Å². The third-order valence-electron chi connectivity index (χ3n) is 4.71. The molecule has 0 atom stereocenters. The van der Waals surface area contributed by atoms with E-state index in [-0.39, 0.29) is 5.91 Å². The Labute approximate surface area is 138 Å². The second-order valence-corrected chi connectivity index (χ2v) is 6.30. The summed E-state index contributed by atoms with van der Waals surface area (Å²) in [6.45, 7) is 4.38. The van der Waals surface area contributed by atoms with Crippen LogP contribution in [0.2, 0.25) is 0 Å². The summed E-state index contributed by atoms with van der Waals surface area (Å²) in [6.07, 6.45) is 4.76. The molecule has 2 aromatic rings. The van der Waals surface area contributed by atoms with Crippen molar-refractivity contribution in [3.8, 4) is 0 Å². The Morgan fingerprint density at radius 2 is 1.74 bits per heavy atom. The van der Waals surface area contributed by atoms with Crippen LogP contribution in [0.3, 0.4) is 0 Å². The molecule has 1 aliphatic rings. The first-order valence-corrected chi connectivity index (χ1v) is 8.36. The van der Waals surface area contributed by atoms with E-state index in [0.717, 1.165) is 29.8 Å². The molecule has 0 saturated heterocycles. The van der Waals surface area contributed by atoms with Crippen molar-refractivity contribution in [1.29, 1.82) is 0 Å². The molecule has 3 rings (SSSR count). The van der Waals surface area contributed by atoms with Crippen LogP contribution in [0.5, 0.6) is 0 Å². The number of hydrogen-bond acceptors (Lipinski definition) is 2. The first kappa shape index (κ1) is 15.6. The summed E-state index contributed by atoms with van der Waals surface area (Å²) in [5.74, 6) is -0.00730. The Balaban J connectivity index is 1.65. The highest BCUT2D eigenvalue weighted by atomic mass is 16.1. The molecule has 2 aromatic carbocycles. The van der Waals surface area contributed by atoms with Gasteiger partial charge in [0.2, 0.25) is 5.91 Å². The fourth-order valence-corrected chi connectivity index (χ4v) is 3.20. The summed E-state index contributed by atoms with van der Waals surface area (Å²) >= 11 is 0. The van der Waals surface area contributed by atoms with Crippen molar-refractivity contribution >= 4 is 17.3 Å². The smallest absolute Gasteiger partial charge is 0.243 e. The molecule has 0 unspecified atom stereocenters. The van der Waals surface area contributed by atoms with E-state index in [1.165, 1.54) is 29.5 Å². The van der Waals surface area contributed by atoms with E-state index in [9.17, 15) is 4.79 Å². The predicted molar refractivity (Wildman–Crippen MR) is 96.1 cm³/mol. The van der Waals surface area contributed by atoms with E-state index < -0.39 is 0 Å². The molecule has 0 heterocycles. The predicted octanol–water partition coefficient (Wildman–Crippen LogP) is 4.23. The molecule has 0 bridgehead atoms. The fraction of sp³-hybridized carbons (Fsp3) is 0.350. The Bertz CT molecular complexity index is 722. The minimum atomic E-state index is -0.00730. The molecular weight excluding hydrogens is 284 g/mol. The molecule has 0 radical (unpaired) electrons. The topological polar surface area (TPSA) is 41.1 Å². The maximum absolute atomic E-state index is 12.2. The Hall–Kier alpha value is -2.29. The lowest BCUT2D eigenvalue weighted by atomic mass is 9.90. The molecule has 2 N–H and O–H groups in total. The highest BCUT2D eigenvalue weighted by Crippen LogP contribution is 2.27. The van der Waals surface area contributed by atoms with Crippen LogP contribution in [-0.2, 0) is 17.6 Å². The summed E-state index contributed by atoms with van der Waals surface area (Å²) in [6, 6.07) is 12.3. The van der Waals surface area contributed by atoms with Gasteiger partial charge in [-0.3, -0.25) is 4.79 Å². The van der Waals surface area contributed by atoms with Gasteiger partial charge in [-0.05, 0) is 73.9 Å². The van der Waals surface area contributed by atoms with Gasteiger partial charge in [-0.25, -0.2) is 0 Å². The van der Waals surface area contributed by atoms with Gasteiger partial charge in [0.15, 0.2) is 0 Å². The lowest BCUT2D eigenvalue weighted by Gasteiger charge is -2.20. The molecule has 1 aliphatic carbocycles. The van der Waals surface area contributed by atoms with Crippen LogP contribution in [-0.4, -0.2) is 12.5 Å². The van der Waals surface area contributed by atoms with Crippen molar-refractivity contribution in [1.82, 2.24) is 0 Å². The SMILES string of the molecule is Cc1cccc(NC(=O)CNc2cccc3c2CCCC3)c1C. The fourth-order valence-electron chi connectivity index (χ4n) is 3.20. The lowest BCUT2D eigenvalue weighted by Crippen LogP contribution is -2.23. The molecule has 3 heteroatoms. The van der Waals surface area contributed by atoms with Crippen molar-refractivity contribution in [3.63, 3.8) is 0 Å². The summed E-state index contributed by atoms with van der Waals surface area (Å²) in [5.41, 5.74) is 7.13. The minimum absolute atomic E-state index is 0.00730. The summed E-state index contributed by atoms with van der Waals surface area (Å²) in [4.78, 5) is 12.2. The molecule has 0 saturated carbocycles. The van der Waals surface area contributed by atoms with Crippen molar-refractivity contribution in [2.24, 2.45) is 0 Å². The highest BCUT2D eigenvalue weighted by molar-refractivity contribution is 5.94. The Morgan fingerprint density at radius 1 is 1.00 bits per heavy atom. The zero-order valence-electron chi connectivity index (χ0n) is 13.9. The van der Waals surface area contributed by atoms with Crippen LogP contribution in [0.25, 0.3) is 0 Å². The van der Waals surface area contributed by atoms with E-state index in [0.29, 0.717) is 6.54 Å². The standard InChI is InChI=1S/C20H24N2O/c1-14-7-5-11-18(15(14)2)22-20(23)13-21-19-12-6-9-16-8-3-4-10-17(16)19/h5-7,9,11-12,21H,3-4,8,10,13H2,1-2H3,(H,22,23). The van der Waals surface area contributed by atoms with Gasteiger partial charge in [-0.15, -0.1) is 0 Å². The van der Waals surface area contributed by atoms with Crippen LogP contribution in [0.4, 0.5) is 11.4 Å². The van der Waals surface area contributed by atoms with Gasteiger partial charge in [0, 0.05) is 11.4 Å². The van der Waals surface area contributed by atoms with Gasteiger partial charge < -0.3 is 10.6 Å². The second-order valence-electron chi connectivity index (χ2n) is 6.30. The van der Waals surface area contributed by atoms with E-state index in [1.54, 1.807) is 0 Å². The lowest BCUT2D eigenvalue weighted by molar-refractivity contribution is -0.114. The number of nitrogens with one attached hydrogen (secondary N) is 2. The number of benzene rings is 2. The first-order chi connectivity index (χ1) is 11.1. The summed E-state index contributed by atoms with van der Waals surface area (Å²) in [7, 11) is 0. The zero-order chi connectivity index (χ0) is 16.2. The van der Waals surface area contributed by atoms with Crippen molar-refractivity contribution in [3.05, 3.63) is 58.7 Å². The van der Waals surface area contributed by atoms with Crippen molar-refractivity contribution in [2.75, 3.05) is 17.2 Å². The second kappa shape index (κ2) is 6.86. The number of carbonyl (C=O) groups excluding carboxylic acids is 1. The first-order valence-electron chi connectivity index (χ1n) is 8.36. The number of amides is 1. The Morgan fingerprint density at radius 3 is 2.61 bits per heavy atom. The maximum Gasteiger partial charge on any atom is 0.243 e. The number of hydrogen-bond donors (Lipinski definition) is 2. The highest BCUT2D eigenvalue weighted by Gasteiger charge is 2.13. The molecule has 120 valence electrons. The van der Waals surface area contributed by atoms with E-state index in [2.05, 4.69) is 41.8 Å². The van der Waals surface area contributed by atoms with Crippen LogP contribution >= 0.6 is 0 Å². The number of anilines is 2. The van der Waals surface area contributed by atoms with Gasteiger partial charge in [0.05, 0.1) is 6.54 Å². The number of aryl methyl sites for hydroxylation is 2. The van der Waals surface area contributed by atoms with Gasteiger partial charge >= 0.3 is 0 Å². The maximum atomic E-state index is 12.2. The Kier molecular flexibility index (Phi) is 4.65. The quantitative estimate of drug-likeness (QED) is 0.887. The van der Waals surface area contributed by atoms with Crippen LogP contribution in [0.1, 0.15) is 35.1 Å². The minimum Gasteiger partial charge on any atom is -0.376 e. The molecule has 23 heavy (non-hydrogen) atoms. The largest absolute Gasteiger partial charge is 0.376 e. The van der Waals surface area contributed by atoms with E-state index >= 15 is 0 Å². The molecular formula is C20H24N2O. The van der Waals surface area contributed by atoms with Gasteiger partial charge in [0.1, 0.15) is 0 Å². The average Bonchev–Trinajstić information content (AvgIpc) is 2.57. The average molecular weight is 308 g/mol. The van der Waals surface area contributed by atoms with Crippen LogP contribution in [0, 0.1) is 13.8 Å². The third kappa shape index (κ3) is 3.55. The number of fused-ring (bicyclic) bond motifs is 1. The third-order valence-corrected chi connectivity index (χ3v) is 4.71. The van der Waals surface area contributed by atoms with E-state index in [1.807, 2.05) is 19.1 Å². The molecule has 3 nitrogen and oxygen atoms in total. The summed E-state index contributed by atoms with van der Waals surface area (Å²) < 4.78 is 0. The molecule has 0 aliphatic heterocycles. The van der Waals surface area contributed by atoms with Gasteiger partial charge in [-0.1, -0.05) is 24.3 Å². The van der Waals surface area contributed by atoms with Crippen molar-refractivity contribution in [2.45, 2.75) is 39.5 Å². The van der Waals surface area contributed by atoms with Gasteiger partial charge in [0.25, 0.3) is 0 Å². The molecule has 0 fully saturated rings.